The van der Waals surface area contributed by atoms with E-state index >= 15 is 0 Å². The van der Waals surface area contributed by atoms with Crippen LogP contribution in [0.15, 0.2) is 30.5 Å². The first-order chi connectivity index (χ1) is 17.7. The number of methoxy groups -OCH3 is 1. The number of H-pyrrole nitrogens is 1. The molecule has 1 aromatic carbocycles. The maximum absolute atomic E-state index is 13.7. The third-order valence-corrected chi connectivity index (χ3v) is 6.78. The number of carbonyl (C=O) groups excluding carboxylic acids is 1. The van der Waals surface area contributed by atoms with Gasteiger partial charge in [0, 0.05) is 57.1 Å². The number of fused-ring (bicyclic) bond motifs is 1. The van der Waals surface area contributed by atoms with Gasteiger partial charge >= 0.3 is 6.18 Å². The molecule has 198 valence electrons. The van der Waals surface area contributed by atoms with Crippen molar-refractivity contribution in [1.29, 1.82) is 0 Å². The number of anilines is 3. The van der Waals surface area contributed by atoms with Crippen molar-refractivity contribution >= 4 is 34.1 Å². The van der Waals surface area contributed by atoms with Crippen molar-refractivity contribution in [2.45, 2.75) is 6.18 Å². The summed E-state index contributed by atoms with van der Waals surface area (Å²) < 4.78 is 52.2. The van der Waals surface area contributed by atoms with Gasteiger partial charge in [-0.25, -0.2) is 4.98 Å². The van der Waals surface area contributed by atoms with E-state index < -0.39 is 11.7 Å². The molecule has 5 rings (SSSR count). The Morgan fingerprint density at radius 1 is 1.11 bits per heavy atom. The van der Waals surface area contributed by atoms with E-state index in [2.05, 4.69) is 20.2 Å². The van der Waals surface area contributed by atoms with Gasteiger partial charge in [0.15, 0.2) is 0 Å². The molecule has 9 nitrogen and oxygen atoms in total. The Hall–Kier alpha value is -3.51. The SMILES string of the molecule is COc1cc(C(=O)N2CCN(C)CC2)ccc1Nc1cc(N2CCOCC2)c2c(C(F)(F)F)c[nH]c2n1. The van der Waals surface area contributed by atoms with Gasteiger partial charge in [0.25, 0.3) is 5.91 Å². The van der Waals surface area contributed by atoms with Gasteiger partial charge in [-0.1, -0.05) is 0 Å². The molecule has 0 atom stereocenters. The van der Waals surface area contributed by atoms with E-state index in [1.807, 2.05) is 16.8 Å². The number of amides is 1. The van der Waals surface area contributed by atoms with Crippen molar-refractivity contribution < 1.29 is 27.4 Å². The summed E-state index contributed by atoms with van der Waals surface area (Å²) in [4.78, 5) is 26.0. The highest BCUT2D eigenvalue weighted by molar-refractivity contribution is 5.97. The highest BCUT2D eigenvalue weighted by Crippen LogP contribution is 2.41. The molecule has 2 aliphatic heterocycles. The summed E-state index contributed by atoms with van der Waals surface area (Å²) in [7, 11) is 3.53. The summed E-state index contributed by atoms with van der Waals surface area (Å²) >= 11 is 0. The number of likely N-dealkylation sites (N-methyl/N-ethyl adjacent to an activating group) is 1. The van der Waals surface area contributed by atoms with Crippen LogP contribution >= 0.6 is 0 Å². The molecular weight excluding hydrogens is 489 g/mol. The number of hydrogen-bond acceptors (Lipinski definition) is 7. The van der Waals surface area contributed by atoms with Gasteiger partial charge in [-0.15, -0.1) is 0 Å². The topological polar surface area (TPSA) is 86.0 Å². The zero-order valence-corrected chi connectivity index (χ0v) is 20.7. The minimum Gasteiger partial charge on any atom is -0.495 e. The molecule has 1 amide bonds. The normalized spacial score (nSPS) is 17.3. The molecular formula is C25H29F3N6O3. The van der Waals surface area contributed by atoms with Crippen LogP contribution in [0.25, 0.3) is 11.0 Å². The van der Waals surface area contributed by atoms with Crippen molar-refractivity contribution in [3.63, 3.8) is 0 Å². The highest BCUT2D eigenvalue weighted by Gasteiger charge is 2.36. The Morgan fingerprint density at radius 3 is 2.51 bits per heavy atom. The summed E-state index contributed by atoms with van der Waals surface area (Å²) in [5.41, 5.74) is 0.834. The molecule has 2 saturated heterocycles. The van der Waals surface area contributed by atoms with Crippen LogP contribution in [0.5, 0.6) is 5.75 Å². The molecule has 0 radical (unpaired) electrons. The number of nitrogens with zero attached hydrogens (tertiary/aromatic N) is 4. The van der Waals surface area contributed by atoms with E-state index in [9.17, 15) is 18.0 Å². The number of morpholine rings is 1. The lowest BCUT2D eigenvalue weighted by atomic mass is 10.1. The maximum atomic E-state index is 13.7. The molecule has 3 aromatic rings. The molecule has 0 bridgehead atoms. The van der Waals surface area contributed by atoms with Gasteiger partial charge in [-0.05, 0) is 25.2 Å². The van der Waals surface area contributed by atoms with E-state index in [-0.39, 0.29) is 16.9 Å². The van der Waals surface area contributed by atoms with E-state index in [0.717, 1.165) is 19.3 Å². The molecule has 37 heavy (non-hydrogen) atoms. The summed E-state index contributed by atoms with van der Waals surface area (Å²) in [5.74, 6) is 0.705. The van der Waals surface area contributed by atoms with E-state index in [1.165, 1.54) is 7.11 Å². The second-order valence-electron chi connectivity index (χ2n) is 9.19. The number of alkyl halides is 3. The third-order valence-electron chi connectivity index (χ3n) is 6.78. The lowest BCUT2D eigenvalue weighted by Crippen LogP contribution is -2.47. The quantitative estimate of drug-likeness (QED) is 0.534. The predicted octanol–water partition coefficient (Wildman–Crippen LogP) is 3.56. The highest BCUT2D eigenvalue weighted by atomic mass is 19.4. The van der Waals surface area contributed by atoms with Crippen molar-refractivity contribution in [1.82, 2.24) is 19.8 Å². The van der Waals surface area contributed by atoms with Crippen LogP contribution in [0.2, 0.25) is 0 Å². The smallest absolute Gasteiger partial charge is 0.418 e. The Morgan fingerprint density at radius 2 is 1.84 bits per heavy atom. The maximum Gasteiger partial charge on any atom is 0.418 e. The second-order valence-corrected chi connectivity index (χ2v) is 9.19. The van der Waals surface area contributed by atoms with Gasteiger partial charge in [0.05, 0.1) is 42.6 Å². The first kappa shape index (κ1) is 25.2. The fourth-order valence-electron chi connectivity index (χ4n) is 4.71. The van der Waals surface area contributed by atoms with Crippen LogP contribution in [-0.2, 0) is 10.9 Å². The largest absolute Gasteiger partial charge is 0.495 e. The van der Waals surface area contributed by atoms with Crippen molar-refractivity contribution in [3.05, 3.63) is 41.6 Å². The van der Waals surface area contributed by atoms with Crippen LogP contribution in [0, 0.1) is 0 Å². The Kier molecular flexibility index (Phi) is 6.86. The Bertz CT molecular complexity index is 1280. The van der Waals surface area contributed by atoms with E-state index in [1.54, 1.807) is 24.3 Å². The predicted molar refractivity (Wildman–Crippen MR) is 134 cm³/mol. The van der Waals surface area contributed by atoms with E-state index in [0.29, 0.717) is 67.9 Å². The zero-order chi connectivity index (χ0) is 26.2. The molecule has 12 heteroatoms. The number of pyridine rings is 1. The summed E-state index contributed by atoms with van der Waals surface area (Å²) in [6.07, 6.45) is -3.57. The first-order valence-corrected chi connectivity index (χ1v) is 12.1. The standard InChI is InChI=1S/C25H29F3N6O3/c1-32-5-7-34(8-6-32)24(35)16-3-4-18(20(13-16)36-2)30-21-14-19(33-9-11-37-12-10-33)22-17(25(26,27)28)15-29-23(22)31-21/h3-4,13-15H,5-12H2,1-2H3,(H2,29,30,31). The third kappa shape index (κ3) is 5.16. The average Bonchev–Trinajstić information content (AvgIpc) is 3.34. The lowest BCUT2D eigenvalue weighted by molar-refractivity contribution is -0.136. The van der Waals surface area contributed by atoms with Crippen LogP contribution in [0.4, 0.5) is 30.4 Å². The number of carbonyl (C=O) groups is 1. The number of aromatic amines is 1. The van der Waals surface area contributed by atoms with Gasteiger partial charge in [0.1, 0.15) is 17.2 Å². The molecule has 2 fully saturated rings. The summed E-state index contributed by atoms with van der Waals surface area (Å²) in [5, 5.41) is 3.20. The van der Waals surface area contributed by atoms with Crippen molar-refractivity contribution in [3.8, 4) is 5.75 Å². The van der Waals surface area contributed by atoms with Gasteiger partial charge in [0.2, 0.25) is 0 Å². The minimum atomic E-state index is -4.52. The second kappa shape index (κ2) is 10.1. The molecule has 0 spiro atoms. The molecule has 4 heterocycles. The first-order valence-electron chi connectivity index (χ1n) is 12.1. The molecule has 2 aliphatic rings. The summed E-state index contributed by atoms with van der Waals surface area (Å²) in [6, 6.07) is 6.71. The molecule has 2 N–H and O–H groups in total. The fourth-order valence-corrected chi connectivity index (χ4v) is 4.71. The lowest BCUT2D eigenvalue weighted by Gasteiger charge is -2.32. The Labute approximate surface area is 212 Å². The van der Waals surface area contributed by atoms with Crippen molar-refractivity contribution in [2.75, 3.05) is 76.9 Å². The Balaban J connectivity index is 1.47. The number of halogens is 3. The number of rotatable bonds is 5. The number of nitrogens with one attached hydrogen (secondary N) is 2. The molecule has 2 aromatic heterocycles. The van der Waals surface area contributed by atoms with Crippen LogP contribution < -0.4 is 15.0 Å². The van der Waals surface area contributed by atoms with E-state index in [4.69, 9.17) is 9.47 Å². The van der Waals surface area contributed by atoms with Gasteiger partial charge in [-0.2, -0.15) is 13.2 Å². The fraction of sp³-hybridized carbons (Fsp3) is 0.440. The van der Waals surface area contributed by atoms with Gasteiger partial charge < -0.3 is 34.5 Å². The minimum absolute atomic E-state index is 0.0278. The number of ether oxygens (including phenoxy) is 2. The van der Waals surface area contributed by atoms with Crippen LogP contribution in [-0.4, -0.2) is 92.3 Å². The van der Waals surface area contributed by atoms with Crippen LogP contribution in [0.3, 0.4) is 0 Å². The monoisotopic (exact) mass is 518 g/mol. The van der Waals surface area contributed by atoms with Gasteiger partial charge in [-0.3, -0.25) is 4.79 Å². The zero-order valence-electron chi connectivity index (χ0n) is 20.7. The number of hydrogen-bond donors (Lipinski definition) is 2. The number of benzene rings is 1. The number of aromatic nitrogens is 2. The molecule has 0 saturated carbocycles. The average molecular weight is 519 g/mol. The summed E-state index contributed by atoms with van der Waals surface area (Å²) in [6.45, 7) is 4.72. The van der Waals surface area contributed by atoms with Crippen molar-refractivity contribution in [2.24, 2.45) is 0 Å². The number of piperazine rings is 1. The molecule has 0 unspecified atom stereocenters. The van der Waals surface area contributed by atoms with Crippen LogP contribution in [0.1, 0.15) is 15.9 Å². The molecule has 0 aliphatic carbocycles.